The maximum absolute atomic E-state index is 13.2. The van der Waals surface area contributed by atoms with Gasteiger partial charge in [-0.15, -0.1) is 0 Å². The molecule has 1 aliphatic heterocycles. The molecule has 2 heterocycles. The molecule has 0 bridgehead atoms. The molecule has 1 N–H and O–H groups in total. The van der Waals surface area contributed by atoms with Crippen molar-refractivity contribution in [3.8, 4) is 0 Å². The molecule has 0 aliphatic carbocycles. The second-order valence-electron chi connectivity index (χ2n) is 7.07. The molecule has 4 nitrogen and oxygen atoms in total. The number of aliphatic hydroxyl groups is 1. The molecule has 0 saturated carbocycles. The number of para-hydroxylation sites is 1. The van der Waals surface area contributed by atoms with Crippen LogP contribution in [-0.4, -0.2) is 28.2 Å². The van der Waals surface area contributed by atoms with E-state index in [0.29, 0.717) is 37.1 Å². The van der Waals surface area contributed by atoms with Gasteiger partial charge in [0.05, 0.1) is 11.6 Å². The molecule has 3 aromatic rings. The van der Waals surface area contributed by atoms with Gasteiger partial charge >= 0.3 is 6.18 Å². The topological polar surface area (TPSA) is 49.2 Å². The average Bonchev–Trinajstić information content (AvgIpc) is 2.72. The van der Waals surface area contributed by atoms with Crippen molar-refractivity contribution in [3.05, 3.63) is 66.0 Å². The van der Waals surface area contributed by atoms with Crippen molar-refractivity contribution in [3.63, 3.8) is 0 Å². The molecule has 0 radical (unpaired) electrons. The minimum absolute atomic E-state index is 0.0637. The van der Waals surface area contributed by atoms with Gasteiger partial charge in [-0.2, -0.15) is 13.2 Å². The van der Waals surface area contributed by atoms with Gasteiger partial charge in [0.25, 0.3) is 0 Å². The SMILES string of the molecule is OC(c1ccccc1)C1CCN(c2nc(C(F)(F)F)nc3ccccc23)CC1. The van der Waals surface area contributed by atoms with Gasteiger partial charge < -0.3 is 10.0 Å². The summed E-state index contributed by atoms with van der Waals surface area (Å²) in [7, 11) is 0. The van der Waals surface area contributed by atoms with Gasteiger partial charge in [-0.1, -0.05) is 42.5 Å². The van der Waals surface area contributed by atoms with E-state index in [9.17, 15) is 18.3 Å². The number of aromatic nitrogens is 2. The maximum Gasteiger partial charge on any atom is 0.451 e. The standard InChI is InChI=1S/C21H20F3N3O/c22-21(23,24)20-25-17-9-5-4-8-16(17)19(26-20)27-12-10-15(11-13-27)18(28)14-6-2-1-3-7-14/h1-9,15,18,28H,10-13H2. The largest absolute Gasteiger partial charge is 0.451 e. The van der Waals surface area contributed by atoms with Gasteiger partial charge in [-0.05, 0) is 36.5 Å². The quantitative estimate of drug-likeness (QED) is 0.714. The highest BCUT2D eigenvalue weighted by molar-refractivity contribution is 5.89. The van der Waals surface area contributed by atoms with E-state index in [4.69, 9.17) is 0 Å². The molecule has 1 unspecified atom stereocenters. The summed E-state index contributed by atoms with van der Waals surface area (Å²) in [6.45, 7) is 1.07. The van der Waals surface area contributed by atoms with Crippen LogP contribution in [0.15, 0.2) is 54.6 Å². The van der Waals surface area contributed by atoms with Crippen molar-refractivity contribution < 1.29 is 18.3 Å². The van der Waals surface area contributed by atoms with Crippen LogP contribution in [0, 0.1) is 5.92 Å². The second-order valence-corrected chi connectivity index (χ2v) is 7.07. The highest BCUT2D eigenvalue weighted by atomic mass is 19.4. The van der Waals surface area contributed by atoms with Crippen LogP contribution in [0.1, 0.15) is 30.3 Å². The number of piperidine rings is 1. The highest BCUT2D eigenvalue weighted by Gasteiger charge is 2.36. The molecule has 2 aromatic carbocycles. The van der Waals surface area contributed by atoms with Crippen molar-refractivity contribution >= 4 is 16.7 Å². The van der Waals surface area contributed by atoms with Crippen molar-refractivity contribution in [2.45, 2.75) is 25.1 Å². The normalized spacial score (nSPS) is 17.1. The molecule has 1 saturated heterocycles. The van der Waals surface area contributed by atoms with Crippen molar-refractivity contribution in [1.29, 1.82) is 0 Å². The van der Waals surface area contributed by atoms with E-state index in [1.807, 2.05) is 35.2 Å². The third-order valence-corrected chi connectivity index (χ3v) is 5.26. The number of benzene rings is 2. The Labute approximate surface area is 160 Å². The average molecular weight is 387 g/mol. The van der Waals surface area contributed by atoms with Crippen LogP contribution in [0.25, 0.3) is 10.9 Å². The molecular formula is C21H20F3N3O. The lowest BCUT2D eigenvalue weighted by molar-refractivity contribution is -0.144. The van der Waals surface area contributed by atoms with Crippen molar-refractivity contribution in [1.82, 2.24) is 9.97 Å². The van der Waals surface area contributed by atoms with E-state index < -0.39 is 18.1 Å². The minimum atomic E-state index is -4.60. The smallest absolute Gasteiger partial charge is 0.388 e. The summed E-state index contributed by atoms with van der Waals surface area (Å²) in [4.78, 5) is 9.40. The number of aliphatic hydroxyl groups excluding tert-OH is 1. The van der Waals surface area contributed by atoms with E-state index >= 15 is 0 Å². The predicted molar refractivity (Wildman–Crippen MR) is 101 cm³/mol. The van der Waals surface area contributed by atoms with Crippen LogP contribution in [0.4, 0.5) is 19.0 Å². The lowest BCUT2D eigenvalue weighted by atomic mass is 9.87. The zero-order valence-corrected chi connectivity index (χ0v) is 15.1. The van der Waals surface area contributed by atoms with Gasteiger partial charge in [0.1, 0.15) is 5.82 Å². The zero-order valence-electron chi connectivity index (χ0n) is 15.1. The molecule has 7 heteroatoms. The molecule has 1 fully saturated rings. The fourth-order valence-electron chi connectivity index (χ4n) is 3.78. The molecule has 0 amide bonds. The first-order valence-electron chi connectivity index (χ1n) is 9.25. The Kier molecular flexibility index (Phi) is 4.93. The fourth-order valence-corrected chi connectivity index (χ4v) is 3.78. The Hall–Kier alpha value is -2.67. The van der Waals surface area contributed by atoms with E-state index in [1.54, 1.807) is 24.3 Å². The summed E-state index contributed by atoms with van der Waals surface area (Å²) in [5.41, 5.74) is 1.15. The summed E-state index contributed by atoms with van der Waals surface area (Å²) in [5, 5.41) is 11.2. The third-order valence-electron chi connectivity index (χ3n) is 5.26. The highest BCUT2D eigenvalue weighted by Crippen LogP contribution is 2.35. The summed E-state index contributed by atoms with van der Waals surface area (Å²) in [5.74, 6) is -0.743. The van der Waals surface area contributed by atoms with E-state index in [2.05, 4.69) is 9.97 Å². The molecular weight excluding hydrogens is 367 g/mol. The molecule has 146 valence electrons. The van der Waals surface area contributed by atoms with E-state index in [1.165, 1.54) is 0 Å². The number of fused-ring (bicyclic) bond motifs is 1. The fraction of sp³-hybridized carbons (Fsp3) is 0.333. The Morgan fingerprint density at radius 1 is 0.929 bits per heavy atom. The molecule has 1 aliphatic rings. The van der Waals surface area contributed by atoms with Gasteiger partial charge in [0.2, 0.25) is 5.82 Å². The molecule has 1 atom stereocenters. The number of rotatable bonds is 3. The van der Waals surface area contributed by atoms with Crippen LogP contribution in [0.5, 0.6) is 0 Å². The van der Waals surface area contributed by atoms with Gasteiger partial charge in [0.15, 0.2) is 0 Å². The first kappa shape index (κ1) is 18.7. The van der Waals surface area contributed by atoms with Crippen LogP contribution >= 0.6 is 0 Å². The lowest BCUT2D eigenvalue weighted by Gasteiger charge is -2.35. The number of anilines is 1. The number of hydrogen-bond acceptors (Lipinski definition) is 4. The maximum atomic E-state index is 13.2. The van der Waals surface area contributed by atoms with Crippen LogP contribution in [0.3, 0.4) is 0 Å². The van der Waals surface area contributed by atoms with Gasteiger partial charge in [0, 0.05) is 18.5 Å². The summed E-state index contributed by atoms with van der Waals surface area (Å²) >= 11 is 0. The van der Waals surface area contributed by atoms with Crippen molar-refractivity contribution in [2.24, 2.45) is 5.92 Å². The predicted octanol–water partition coefficient (Wildman–Crippen LogP) is 4.60. The monoisotopic (exact) mass is 387 g/mol. The summed E-state index contributed by atoms with van der Waals surface area (Å²) in [6, 6.07) is 16.2. The number of alkyl halides is 3. The number of nitrogens with zero attached hydrogens (tertiary/aromatic N) is 3. The molecule has 4 rings (SSSR count). The lowest BCUT2D eigenvalue weighted by Crippen LogP contribution is -2.36. The minimum Gasteiger partial charge on any atom is -0.388 e. The zero-order chi connectivity index (χ0) is 19.7. The van der Waals surface area contributed by atoms with Crippen LogP contribution in [-0.2, 0) is 6.18 Å². The third kappa shape index (κ3) is 3.67. The molecule has 1 aromatic heterocycles. The van der Waals surface area contributed by atoms with Crippen molar-refractivity contribution in [2.75, 3.05) is 18.0 Å². The Balaban J connectivity index is 1.58. The first-order chi connectivity index (χ1) is 13.4. The Morgan fingerprint density at radius 3 is 2.25 bits per heavy atom. The molecule has 28 heavy (non-hydrogen) atoms. The van der Waals surface area contributed by atoms with E-state index in [-0.39, 0.29) is 11.4 Å². The second kappa shape index (κ2) is 7.39. The number of hydrogen-bond donors (Lipinski definition) is 1. The summed E-state index contributed by atoms with van der Waals surface area (Å²) in [6.07, 6.45) is -3.82. The van der Waals surface area contributed by atoms with Gasteiger partial charge in [-0.3, -0.25) is 0 Å². The van der Waals surface area contributed by atoms with Gasteiger partial charge in [-0.25, -0.2) is 9.97 Å². The van der Waals surface area contributed by atoms with E-state index in [0.717, 1.165) is 5.56 Å². The van der Waals surface area contributed by atoms with Crippen LogP contribution in [0.2, 0.25) is 0 Å². The Morgan fingerprint density at radius 2 is 1.57 bits per heavy atom. The Bertz CT molecular complexity index is 954. The van der Waals surface area contributed by atoms with Crippen LogP contribution < -0.4 is 4.90 Å². The summed E-state index contributed by atoms with van der Waals surface area (Å²) < 4.78 is 39.7. The first-order valence-corrected chi connectivity index (χ1v) is 9.25. The molecule has 0 spiro atoms. The number of halogens is 3.